The van der Waals surface area contributed by atoms with Gasteiger partial charge in [-0.05, 0) is 29.8 Å². The quantitative estimate of drug-likeness (QED) is 0.175. The molecular weight excluding hydrogens is 653 g/mol. The Morgan fingerprint density at radius 3 is 1.92 bits per heavy atom. The van der Waals surface area contributed by atoms with Crippen LogP contribution < -0.4 is 10.6 Å². The molecule has 2 nitrogen and oxygen atoms in total. The number of hydrogen-bond acceptors (Lipinski definition) is 2. The van der Waals surface area contributed by atoms with Crippen molar-refractivity contribution in [3.05, 3.63) is 73.7 Å². The highest BCUT2D eigenvalue weighted by Gasteiger charge is 2.41. The molecule has 0 radical (unpaired) electrons. The second-order valence-electron chi connectivity index (χ2n) is 7.67. The molecule has 214 valence electrons. The number of rotatable bonds is 7. The van der Waals surface area contributed by atoms with Crippen LogP contribution in [0.5, 0.6) is 0 Å². The number of alkyl halides is 9. The maximum Gasteiger partial charge on any atom is 0.417 e. The van der Waals surface area contributed by atoms with Crippen LogP contribution in [-0.4, -0.2) is 35.4 Å². The van der Waals surface area contributed by atoms with Gasteiger partial charge in [-0.2, -0.15) is 39.5 Å². The van der Waals surface area contributed by atoms with Crippen LogP contribution in [0.1, 0.15) is 28.2 Å². The Morgan fingerprint density at radius 1 is 0.872 bits per heavy atom. The van der Waals surface area contributed by atoms with Gasteiger partial charge in [0.05, 0.1) is 32.2 Å². The Morgan fingerprint density at radius 2 is 1.44 bits per heavy atom. The van der Waals surface area contributed by atoms with Crippen molar-refractivity contribution in [2.45, 2.75) is 24.4 Å². The molecule has 0 aliphatic heterocycles. The molecule has 2 aromatic carbocycles. The summed E-state index contributed by atoms with van der Waals surface area (Å²) >= 11 is 26.8. The third-order valence-electron chi connectivity index (χ3n) is 4.77. The number of hydrogen-bond donors (Lipinski definition) is 2. The Kier molecular flexibility index (Phi) is 10.9. The first kappa shape index (κ1) is 33.3. The van der Waals surface area contributed by atoms with Gasteiger partial charge in [-0.15, -0.1) is 0 Å². The summed E-state index contributed by atoms with van der Waals surface area (Å²) in [5.74, 6) is -4.32. The van der Waals surface area contributed by atoms with Gasteiger partial charge >= 0.3 is 18.5 Å². The van der Waals surface area contributed by atoms with Crippen molar-refractivity contribution in [2.24, 2.45) is 0 Å². The average molecular weight is 666 g/mol. The maximum atomic E-state index is 15.0. The molecule has 0 aliphatic carbocycles. The molecule has 39 heavy (non-hydrogen) atoms. The Balaban J connectivity index is 2.41. The van der Waals surface area contributed by atoms with E-state index in [1.165, 1.54) is 0 Å². The van der Waals surface area contributed by atoms with Crippen molar-refractivity contribution in [2.75, 3.05) is 13.1 Å². The highest BCUT2D eigenvalue weighted by molar-refractivity contribution is 7.81. The average Bonchev–Trinajstić information content (AvgIpc) is 2.80. The van der Waals surface area contributed by atoms with Gasteiger partial charge in [0.15, 0.2) is 0 Å². The molecule has 0 aliphatic rings. The van der Waals surface area contributed by atoms with E-state index in [1.807, 2.05) is 5.32 Å². The second kappa shape index (κ2) is 12.8. The predicted molar refractivity (Wildman–Crippen MR) is 137 cm³/mol. The molecule has 0 bridgehead atoms. The van der Waals surface area contributed by atoms with Crippen molar-refractivity contribution in [1.82, 2.24) is 10.6 Å². The molecule has 0 saturated carbocycles. The molecule has 1 unspecified atom stereocenters. The highest BCUT2D eigenvalue weighted by atomic mass is 35.5. The van der Waals surface area contributed by atoms with Crippen molar-refractivity contribution in [1.29, 1.82) is 0 Å². The molecular formula is C22H13Cl3F10N2S2. The molecule has 17 heteroatoms. The number of thiocarbonyl (C=S) groups is 2. The van der Waals surface area contributed by atoms with E-state index in [0.29, 0.717) is 6.07 Å². The largest absolute Gasteiger partial charge is 0.417 e. The third kappa shape index (κ3) is 9.62. The van der Waals surface area contributed by atoms with E-state index < -0.39 is 75.6 Å². The van der Waals surface area contributed by atoms with E-state index in [0.717, 1.165) is 18.2 Å². The Labute approximate surface area is 240 Å². The topological polar surface area (TPSA) is 24.1 Å². The van der Waals surface area contributed by atoms with Crippen LogP contribution in [-0.2, 0) is 6.18 Å². The fourth-order valence-electron chi connectivity index (χ4n) is 3.02. The third-order valence-corrected chi connectivity index (χ3v) is 6.62. The Hall–Kier alpha value is -1.87. The first-order chi connectivity index (χ1) is 17.7. The van der Waals surface area contributed by atoms with Gasteiger partial charge in [0.2, 0.25) is 0 Å². The first-order valence-corrected chi connectivity index (χ1v) is 12.1. The minimum atomic E-state index is -5.15. The standard InChI is InChI=1S/C22H13Cl3F10N2S2/c23-14-4-10(5-15(24)18(14)25)12(21(30,31)32)6-16(26)9-1-2-11(13(3-9)22(33,34)35)19(39)36-7-17(38)37-8-20(27,28)29/h1-6,12H,7-8H2,(H,36,39)(H,37,38). The monoisotopic (exact) mass is 664 g/mol. The van der Waals surface area contributed by atoms with E-state index in [9.17, 15) is 43.9 Å². The number of nitrogens with one attached hydrogen (secondary N) is 2. The molecule has 2 N–H and O–H groups in total. The molecule has 0 aromatic heterocycles. The summed E-state index contributed by atoms with van der Waals surface area (Å²) in [6, 6.07) is 3.27. The van der Waals surface area contributed by atoms with Gasteiger partial charge in [-0.1, -0.05) is 71.4 Å². The van der Waals surface area contributed by atoms with Crippen LogP contribution >= 0.6 is 59.2 Å². The van der Waals surface area contributed by atoms with Crippen LogP contribution in [0.3, 0.4) is 0 Å². The molecule has 0 amide bonds. The van der Waals surface area contributed by atoms with E-state index in [1.54, 1.807) is 0 Å². The lowest BCUT2D eigenvalue weighted by Crippen LogP contribution is -2.40. The van der Waals surface area contributed by atoms with Crippen LogP contribution in [0, 0.1) is 0 Å². The number of halogens is 13. The molecule has 2 aromatic rings. The normalized spacial score (nSPS) is 13.7. The summed E-state index contributed by atoms with van der Waals surface area (Å²) < 4.78 is 134. The fourth-order valence-corrected chi connectivity index (χ4v) is 4.03. The van der Waals surface area contributed by atoms with Gasteiger partial charge in [0.1, 0.15) is 23.3 Å². The summed E-state index contributed by atoms with van der Waals surface area (Å²) in [4.78, 5) is -1.01. The smallest absolute Gasteiger partial charge is 0.369 e. The summed E-state index contributed by atoms with van der Waals surface area (Å²) in [5.41, 5.74) is -3.71. The maximum absolute atomic E-state index is 15.0. The lowest BCUT2D eigenvalue weighted by Gasteiger charge is -2.19. The first-order valence-electron chi connectivity index (χ1n) is 10.1. The van der Waals surface area contributed by atoms with Gasteiger partial charge in [0.25, 0.3) is 0 Å². The molecule has 1 atom stereocenters. The number of benzene rings is 2. The highest BCUT2D eigenvalue weighted by Crippen LogP contribution is 2.42. The molecule has 0 saturated heterocycles. The zero-order chi connectivity index (χ0) is 29.9. The van der Waals surface area contributed by atoms with E-state index in [4.69, 9.17) is 47.0 Å². The lowest BCUT2D eigenvalue weighted by atomic mass is 9.95. The molecule has 0 spiro atoms. The summed E-state index contributed by atoms with van der Waals surface area (Å²) in [6.07, 6.45) is -14.8. The second-order valence-corrected chi connectivity index (χ2v) is 9.76. The lowest BCUT2D eigenvalue weighted by molar-refractivity contribution is -0.140. The summed E-state index contributed by atoms with van der Waals surface area (Å²) in [6.45, 7) is -2.04. The van der Waals surface area contributed by atoms with Gasteiger partial charge in [0, 0.05) is 11.1 Å². The number of allylic oxidation sites excluding steroid dienone is 1. The van der Waals surface area contributed by atoms with Crippen LogP contribution in [0.4, 0.5) is 43.9 Å². The summed E-state index contributed by atoms with van der Waals surface area (Å²) in [5, 5.41) is 3.12. The zero-order valence-electron chi connectivity index (χ0n) is 18.7. The van der Waals surface area contributed by atoms with Gasteiger partial charge in [-0.3, -0.25) is 0 Å². The van der Waals surface area contributed by atoms with Crippen molar-refractivity contribution >= 4 is 75.0 Å². The Bertz CT molecular complexity index is 1250. The minimum absolute atomic E-state index is 0.0480. The van der Waals surface area contributed by atoms with Gasteiger partial charge in [-0.25, -0.2) is 4.39 Å². The van der Waals surface area contributed by atoms with Crippen LogP contribution in [0.25, 0.3) is 5.83 Å². The van der Waals surface area contributed by atoms with Crippen LogP contribution in [0.2, 0.25) is 15.1 Å². The SMILES string of the molecule is FC(=CC(c1cc(Cl)c(Cl)c(Cl)c1)C(F)(F)F)c1ccc(C(=S)NCC(=S)NCC(F)(F)F)c(C(F)(F)F)c1. The molecule has 0 heterocycles. The van der Waals surface area contributed by atoms with Crippen LogP contribution in [0.15, 0.2) is 36.4 Å². The van der Waals surface area contributed by atoms with Gasteiger partial charge < -0.3 is 10.6 Å². The fraction of sp³-hybridized carbons (Fsp3) is 0.273. The van der Waals surface area contributed by atoms with E-state index in [-0.39, 0.29) is 27.2 Å². The van der Waals surface area contributed by atoms with Crippen molar-refractivity contribution in [3.63, 3.8) is 0 Å². The van der Waals surface area contributed by atoms with E-state index in [2.05, 4.69) is 17.5 Å². The predicted octanol–water partition coefficient (Wildman–Crippen LogP) is 9.07. The molecule has 2 rings (SSSR count). The minimum Gasteiger partial charge on any atom is -0.369 e. The summed E-state index contributed by atoms with van der Waals surface area (Å²) in [7, 11) is 0. The zero-order valence-corrected chi connectivity index (χ0v) is 22.6. The molecule has 0 fully saturated rings. The van der Waals surface area contributed by atoms with Crippen molar-refractivity contribution in [3.8, 4) is 0 Å². The van der Waals surface area contributed by atoms with E-state index >= 15 is 0 Å². The van der Waals surface area contributed by atoms with Crippen molar-refractivity contribution < 1.29 is 43.9 Å².